The lowest BCUT2D eigenvalue weighted by molar-refractivity contribution is -0.143. The highest BCUT2D eigenvalue weighted by molar-refractivity contribution is 9.10. The summed E-state index contributed by atoms with van der Waals surface area (Å²) in [4.78, 5) is 44.3. The van der Waals surface area contributed by atoms with Gasteiger partial charge in [-0.3, -0.25) is 9.36 Å². The highest BCUT2D eigenvalue weighted by Gasteiger charge is 2.34. The molecule has 0 N–H and O–H groups in total. The van der Waals surface area contributed by atoms with Crippen molar-refractivity contribution in [2.24, 2.45) is 4.99 Å². The topological polar surface area (TPSA) is 115 Å². The van der Waals surface area contributed by atoms with Crippen molar-refractivity contribution in [3.8, 4) is 17.2 Å². The van der Waals surface area contributed by atoms with Crippen LogP contribution in [-0.2, 0) is 25.7 Å². The fraction of sp³-hybridized carbons (Fsp3) is 0.257. The number of methoxy groups -OCH3 is 1. The predicted molar refractivity (Wildman–Crippen MR) is 195 cm³/mol. The van der Waals surface area contributed by atoms with E-state index in [0.29, 0.717) is 62.9 Å². The molecule has 50 heavy (non-hydrogen) atoms. The molecule has 1 aromatic heterocycles. The van der Waals surface area contributed by atoms with Gasteiger partial charge in [0.05, 0.1) is 61.7 Å². The maximum absolute atomic E-state index is 14.2. The molecule has 0 aliphatic carbocycles. The Hall–Kier alpha value is -3.81. The predicted octanol–water partition coefficient (Wildman–Crippen LogP) is 7.05. The molecule has 3 aromatic carbocycles. The SMILES string of the molecule is CCOC(=O)C1=C(C)N=c2s/c(=C\c3cc(Cl)c(OCc4ccc(Cl)c(Cl)c4)c(Br)c3)c(=O)n2[C@@H]1c1ccc(OCC(=O)OC)c(OCC)c1. The standard InChI is InChI=1S/C35H30BrCl3N2O8S/c1-5-46-27-15-21(8-10-26(27)48-17-29(42)45-4)31-30(34(44)47-6-2)18(3)40-35-41(31)33(43)28(50-35)14-20-11-22(36)32(25(39)13-20)49-16-19-7-9-23(37)24(38)12-19/h7-15,31H,5-6,16-17H2,1-4H3/b28-14-/t31-/m1/s1. The van der Waals surface area contributed by atoms with Gasteiger partial charge in [-0.25, -0.2) is 14.6 Å². The molecule has 15 heteroatoms. The van der Waals surface area contributed by atoms with Crippen LogP contribution in [0.4, 0.5) is 0 Å². The number of fused-ring (bicyclic) bond motifs is 1. The lowest BCUT2D eigenvalue weighted by atomic mass is 9.95. The summed E-state index contributed by atoms with van der Waals surface area (Å²) in [5.74, 6) is -0.154. The number of esters is 2. The van der Waals surface area contributed by atoms with Gasteiger partial charge in [-0.05, 0) is 95.9 Å². The van der Waals surface area contributed by atoms with Gasteiger partial charge in [-0.2, -0.15) is 0 Å². The van der Waals surface area contributed by atoms with Crippen LogP contribution in [0.25, 0.3) is 6.08 Å². The van der Waals surface area contributed by atoms with E-state index in [1.54, 1.807) is 75.4 Å². The zero-order chi connectivity index (χ0) is 36.1. The number of carbonyl (C=O) groups is 2. The smallest absolute Gasteiger partial charge is 0.343 e. The average molecular weight is 825 g/mol. The van der Waals surface area contributed by atoms with Gasteiger partial charge in [0.25, 0.3) is 5.56 Å². The number of hydrogen-bond acceptors (Lipinski definition) is 10. The van der Waals surface area contributed by atoms with Crippen molar-refractivity contribution >= 4 is 80.1 Å². The van der Waals surface area contributed by atoms with Gasteiger partial charge in [0.2, 0.25) is 0 Å². The molecule has 5 rings (SSSR count). The molecule has 1 aliphatic rings. The second-order valence-corrected chi connectivity index (χ2v) is 13.7. The average Bonchev–Trinajstić information content (AvgIpc) is 3.38. The van der Waals surface area contributed by atoms with Crippen molar-refractivity contribution in [3.63, 3.8) is 0 Å². The van der Waals surface area contributed by atoms with Crippen molar-refractivity contribution < 1.29 is 33.3 Å². The second kappa shape index (κ2) is 16.5. The zero-order valence-corrected chi connectivity index (χ0v) is 31.9. The normalized spacial score (nSPS) is 14.2. The van der Waals surface area contributed by atoms with Crippen LogP contribution < -0.4 is 29.1 Å². The summed E-state index contributed by atoms with van der Waals surface area (Å²) < 4.78 is 29.9. The van der Waals surface area contributed by atoms with Crippen molar-refractivity contribution in [2.75, 3.05) is 26.9 Å². The number of benzene rings is 3. The van der Waals surface area contributed by atoms with Crippen molar-refractivity contribution in [2.45, 2.75) is 33.4 Å². The van der Waals surface area contributed by atoms with E-state index in [0.717, 1.165) is 5.56 Å². The maximum atomic E-state index is 14.2. The van der Waals surface area contributed by atoms with E-state index in [9.17, 15) is 14.4 Å². The summed E-state index contributed by atoms with van der Waals surface area (Å²) in [5, 5.41) is 1.17. The number of aromatic nitrogens is 1. The minimum Gasteiger partial charge on any atom is -0.490 e. The number of thiazole rings is 1. The molecule has 1 atom stereocenters. The van der Waals surface area contributed by atoms with Crippen LogP contribution in [0.5, 0.6) is 17.2 Å². The second-order valence-electron chi connectivity index (χ2n) is 10.7. The fourth-order valence-corrected chi connectivity index (χ4v) is 7.48. The Kier molecular flexibility index (Phi) is 12.3. The van der Waals surface area contributed by atoms with Crippen LogP contribution in [0.3, 0.4) is 0 Å². The first kappa shape index (κ1) is 37.4. The Morgan fingerprint density at radius 1 is 0.960 bits per heavy atom. The van der Waals surface area contributed by atoms with Gasteiger partial charge in [-0.1, -0.05) is 58.3 Å². The third-order valence-electron chi connectivity index (χ3n) is 7.36. The monoisotopic (exact) mass is 822 g/mol. The Balaban J connectivity index is 1.56. The highest BCUT2D eigenvalue weighted by atomic mass is 79.9. The molecule has 0 fully saturated rings. The van der Waals surface area contributed by atoms with Gasteiger partial charge in [0.1, 0.15) is 6.61 Å². The molecule has 0 spiro atoms. The van der Waals surface area contributed by atoms with Gasteiger partial charge in [0.15, 0.2) is 28.7 Å². The third-order valence-corrected chi connectivity index (χ3v) is 9.95. The van der Waals surface area contributed by atoms with Gasteiger partial charge in [-0.15, -0.1) is 0 Å². The number of halogens is 4. The minimum absolute atomic E-state index is 0.125. The van der Waals surface area contributed by atoms with E-state index in [1.807, 2.05) is 0 Å². The fourth-order valence-electron chi connectivity index (χ4n) is 5.12. The van der Waals surface area contributed by atoms with E-state index >= 15 is 0 Å². The summed E-state index contributed by atoms with van der Waals surface area (Å²) >= 11 is 23.5. The highest BCUT2D eigenvalue weighted by Crippen LogP contribution is 2.38. The molecule has 0 amide bonds. The zero-order valence-electron chi connectivity index (χ0n) is 27.2. The van der Waals surface area contributed by atoms with Crippen LogP contribution in [-0.4, -0.2) is 43.4 Å². The van der Waals surface area contributed by atoms with Gasteiger partial charge in [0, 0.05) is 0 Å². The molecular formula is C35H30BrCl3N2O8S. The first-order valence-electron chi connectivity index (χ1n) is 15.2. The first-order chi connectivity index (χ1) is 23.9. The van der Waals surface area contributed by atoms with Crippen molar-refractivity contribution in [1.82, 2.24) is 4.57 Å². The van der Waals surface area contributed by atoms with E-state index < -0.39 is 18.0 Å². The Morgan fingerprint density at radius 3 is 2.42 bits per heavy atom. The molecule has 1 aliphatic heterocycles. The quantitative estimate of drug-likeness (QED) is 0.140. The number of nitrogens with zero attached hydrogens (tertiary/aromatic N) is 2. The maximum Gasteiger partial charge on any atom is 0.343 e. The summed E-state index contributed by atoms with van der Waals surface area (Å²) in [7, 11) is 1.26. The van der Waals surface area contributed by atoms with Crippen molar-refractivity contribution in [3.05, 3.63) is 116 Å². The molecule has 0 radical (unpaired) electrons. The number of rotatable bonds is 12. The molecule has 4 aromatic rings. The largest absolute Gasteiger partial charge is 0.490 e. The van der Waals surface area contributed by atoms with Crippen LogP contribution in [0, 0.1) is 0 Å². The Labute approximate surface area is 314 Å². The number of hydrogen-bond donors (Lipinski definition) is 0. The van der Waals surface area contributed by atoms with E-state index in [1.165, 1.54) is 23.0 Å². The van der Waals surface area contributed by atoms with E-state index in [-0.39, 0.29) is 37.6 Å². The molecule has 262 valence electrons. The Bertz CT molecular complexity index is 2160. The van der Waals surface area contributed by atoms with Crippen LogP contribution in [0.15, 0.2) is 74.1 Å². The summed E-state index contributed by atoms with van der Waals surface area (Å²) in [6.45, 7) is 5.47. The number of carbonyl (C=O) groups excluding carboxylic acids is 2. The molecule has 0 saturated carbocycles. The van der Waals surface area contributed by atoms with E-state index in [2.05, 4.69) is 25.7 Å². The lowest BCUT2D eigenvalue weighted by Gasteiger charge is -2.25. The molecule has 10 nitrogen and oxygen atoms in total. The molecule has 0 saturated heterocycles. The van der Waals surface area contributed by atoms with E-state index in [4.69, 9.17) is 53.8 Å². The van der Waals surface area contributed by atoms with Crippen LogP contribution in [0.1, 0.15) is 43.5 Å². The number of ether oxygens (including phenoxy) is 5. The van der Waals surface area contributed by atoms with Gasteiger partial charge >= 0.3 is 11.9 Å². The third kappa shape index (κ3) is 8.21. The lowest BCUT2D eigenvalue weighted by Crippen LogP contribution is -2.40. The van der Waals surface area contributed by atoms with Gasteiger partial charge < -0.3 is 23.7 Å². The van der Waals surface area contributed by atoms with Crippen LogP contribution in [0.2, 0.25) is 15.1 Å². The number of allylic oxidation sites excluding steroid dienone is 1. The molecule has 0 unspecified atom stereocenters. The molecular weight excluding hydrogens is 795 g/mol. The molecule has 2 heterocycles. The first-order valence-corrected chi connectivity index (χ1v) is 17.9. The summed E-state index contributed by atoms with van der Waals surface area (Å²) in [5.41, 5.74) is 2.18. The van der Waals surface area contributed by atoms with Crippen LogP contribution >= 0.6 is 62.1 Å². The minimum atomic E-state index is -0.909. The summed E-state index contributed by atoms with van der Waals surface area (Å²) in [6.07, 6.45) is 1.69. The molecule has 0 bridgehead atoms. The Morgan fingerprint density at radius 2 is 1.74 bits per heavy atom. The van der Waals surface area contributed by atoms with Crippen molar-refractivity contribution in [1.29, 1.82) is 0 Å². The summed E-state index contributed by atoms with van der Waals surface area (Å²) in [6, 6.07) is 12.7.